The van der Waals surface area contributed by atoms with Gasteiger partial charge >= 0.3 is 0 Å². The second-order valence-corrected chi connectivity index (χ2v) is 3.74. The number of carbonyl (C=O) groups is 2. The van der Waals surface area contributed by atoms with Gasteiger partial charge in [0.2, 0.25) is 0 Å². The molecule has 0 saturated carbocycles. The molecule has 1 N–H and O–H groups in total. The van der Waals surface area contributed by atoms with Crippen LogP contribution in [0.15, 0.2) is 73.4 Å². The Morgan fingerprint density at radius 3 is 2.45 bits per heavy atom. The standard InChI is InChI=1S/C16H14FNO2/c1-3-7-12(4-2)10-11-15(19)18-16(20)13-8-5-6-9-14(13)17/h3-11H,1-2H2,(H,18,19,20)/b11-10+,12-7+. The van der Waals surface area contributed by atoms with Crippen LogP contribution in [0.4, 0.5) is 4.39 Å². The third-order valence-electron chi connectivity index (χ3n) is 2.33. The normalized spacial score (nSPS) is 11.2. The second-order valence-electron chi connectivity index (χ2n) is 3.74. The first kappa shape index (κ1) is 15.3. The van der Waals surface area contributed by atoms with Gasteiger partial charge in [-0.25, -0.2) is 4.39 Å². The molecular weight excluding hydrogens is 257 g/mol. The summed E-state index contributed by atoms with van der Waals surface area (Å²) >= 11 is 0. The highest BCUT2D eigenvalue weighted by Crippen LogP contribution is 2.05. The smallest absolute Gasteiger partial charge is 0.261 e. The molecule has 3 nitrogen and oxygen atoms in total. The first-order valence-electron chi connectivity index (χ1n) is 5.81. The quantitative estimate of drug-likeness (QED) is 0.661. The lowest BCUT2D eigenvalue weighted by molar-refractivity contribution is -0.115. The van der Waals surface area contributed by atoms with Crippen LogP contribution in [-0.4, -0.2) is 11.8 Å². The highest BCUT2D eigenvalue weighted by molar-refractivity contribution is 6.08. The van der Waals surface area contributed by atoms with Gasteiger partial charge in [-0.3, -0.25) is 14.9 Å². The van der Waals surface area contributed by atoms with E-state index in [1.165, 1.54) is 30.4 Å². The minimum atomic E-state index is -0.786. The van der Waals surface area contributed by atoms with E-state index < -0.39 is 17.6 Å². The molecule has 102 valence electrons. The molecular formula is C16H14FNO2. The Labute approximate surface area is 116 Å². The number of carbonyl (C=O) groups excluding carboxylic acids is 2. The number of allylic oxidation sites excluding steroid dienone is 5. The van der Waals surface area contributed by atoms with E-state index >= 15 is 0 Å². The first-order valence-corrected chi connectivity index (χ1v) is 5.81. The summed E-state index contributed by atoms with van der Waals surface area (Å²) in [7, 11) is 0. The minimum Gasteiger partial charge on any atom is -0.289 e. The van der Waals surface area contributed by atoms with Gasteiger partial charge in [0, 0.05) is 6.08 Å². The summed E-state index contributed by atoms with van der Waals surface area (Å²) in [5.41, 5.74) is 0.480. The summed E-state index contributed by atoms with van der Waals surface area (Å²) in [4.78, 5) is 23.2. The van der Waals surface area contributed by atoms with E-state index in [1.54, 1.807) is 12.2 Å². The SMILES string of the molecule is C=C/C=C(C=C)/C=C/C(=O)NC(=O)c1ccccc1F. The fraction of sp³-hybridized carbons (Fsp3) is 0. The topological polar surface area (TPSA) is 46.2 Å². The lowest BCUT2D eigenvalue weighted by Crippen LogP contribution is -2.29. The van der Waals surface area contributed by atoms with E-state index in [9.17, 15) is 14.0 Å². The van der Waals surface area contributed by atoms with Crippen LogP contribution in [-0.2, 0) is 4.79 Å². The van der Waals surface area contributed by atoms with Crippen molar-refractivity contribution in [3.05, 3.63) is 84.8 Å². The van der Waals surface area contributed by atoms with Crippen LogP contribution in [0.1, 0.15) is 10.4 Å². The minimum absolute atomic E-state index is 0.181. The predicted octanol–water partition coefficient (Wildman–Crippen LogP) is 2.94. The van der Waals surface area contributed by atoms with Crippen LogP contribution in [0.25, 0.3) is 0 Å². The van der Waals surface area contributed by atoms with Crippen molar-refractivity contribution in [3.63, 3.8) is 0 Å². The molecule has 0 unspecified atom stereocenters. The van der Waals surface area contributed by atoms with E-state index in [0.29, 0.717) is 5.57 Å². The van der Waals surface area contributed by atoms with Gasteiger partial charge in [-0.2, -0.15) is 0 Å². The molecule has 4 heteroatoms. The molecule has 0 atom stereocenters. The van der Waals surface area contributed by atoms with Gasteiger partial charge in [-0.1, -0.05) is 43.5 Å². The summed E-state index contributed by atoms with van der Waals surface area (Å²) in [6.07, 6.45) is 7.36. The maximum Gasteiger partial charge on any atom is 0.261 e. The maximum atomic E-state index is 13.3. The molecule has 2 amide bonds. The molecule has 0 aliphatic heterocycles. The monoisotopic (exact) mass is 271 g/mol. The number of halogens is 1. The Hall–Kier alpha value is -2.75. The van der Waals surface area contributed by atoms with Gasteiger partial charge < -0.3 is 0 Å². The molecule has 0 bridgehead atoms. The average molecular weight is 271 g/mol. The Balaban J connectivity index is 2.72. The number of rotatable bonds is 5. The fourth-order valence-electron chi connectivity index (χ4n) is 1.37. The highest BCUT2D eigenvalue weighted by Gasteiger charge is 2.12. The fourth-order valence-corrected chi connectivity index (χ4v) is 1.37. The zero-order valence-electron chi connectivity index (χ0n) is 10.8. The summed E-state index contributed by atoms with van der Waals surface area (Å²) in [6, 6.07) is 5.43. The van der Waals surface area contributed by atoms with Crippen LogP contribution < -0.4 is 5.32 Å². The van der Waals surface area contributed by atoms with Crippen molar-refractivity contribution in [2.45, 2.75) is 0 Å². The molecule has 0 fully saturated rings. The van der Waals surface area contributed by atoms with Gasteiger partial charge in [0.1, 0.15) is 5.82 Å². The molecule has 0 heterocycles. The number of amides is 2. The van der Waals surface area contributed by atoms with Crippen LogP contribution in [0.3, 0.4) is 0 Å². The van der Waals surface area contributed by atoms with E-state index in [1.807, 2.05) is 0 Å². The van der Waals surface area contributed by atoms with Crippen LogP contribution in [0.5, 0.6) is 0 Å². The molecule has 20 heavy (non-hydrogen) atoms. The number of benzene rings is 1. The largest absolute Gasteiger partial charge is 0.289 e. The van der Waals surface area contributed by atoms with E-state index in [4.69, 9.17) is 0 Å². The van der Waals surface area contributed by atoms with Crippen LogP contribution in [0.2, 0.25) is 0 Å². The molecule has 1 rings (SSSR count). The molecule has 1 aromatic rings. The van der Waals surface area contributed by atoms with Gasteiger partial charge in [0.15, 0.2) is 0 Å². The highest BCUT2D eigenvalue weighted by atomic mass is 19.1. The van der Waals surface area contributed by atoms with Crippen molar-refractivity contribution < 1.29 is 14.0 Å². The van der Waals surface area contributed by atoms with E-state index in [2.05, 4.69) is 18.5 Å². The number of imide groups is 1. The molecule has 0 aromatic heterocycles. The number of nitrogens with one attached hydrogen (secondary N) is 1. The number of hydrogen-bond acceptors (Lipinski definition) is 2. The zero-order valence-corrected chi connectivity index (χ0v) is 10.8. The lowest BCUT2D eigenvalue weighted by atomic mass is 10.2. The van der Waals surface area contributed by atoms with Crippen LogP contribution >= 0.6 is 0 Å². The van der Waals surface area contributed by atoms with Gasteiger partial charge in [-0.05, 0) is 23.8 Å². The summed E-state index contributed by atoms with van der Waals surface area (Å²) in [6.45, 7) is 7.08. The molecule has 0 aliphatic carbocycles. The third kappa shape index (κ3) is 4.49. The van der Waals surface area contributed by atoms with Gasteiger partial charge in [0.25, 0.3) is 11.8 Å². The molecule has 0 saturated heterocycles. The summed E-state index contributed by atoms with van der Waals surface area (Å²) in [5.74, 6) is -2.11. The van der Waals surface area contributed by atoms with E-state index in [0.717, 1.165) is 12.1 Å². The summed E-state index contributed by atoms with van der Waals surface area (Å²) < 4.78 is 13.3. The Morgan fingerprint density at radius 1 is 1.15 bits per heavy atom. The summed E-state index contributed by atoms with van der Waals surface area (Å²) in [5, 5.41) is 2.07. The second kappa shape index (κ2) is 7.63. The van der Waals surface area contributed by atoms with Crippen molar-refractivity contribution in [2.75, 3.05) is 0 Å². The van der Waals surface area contributed by atoms with Crippen molar-refractivity contribution >= 4 is 11.8 Å². The van der Waals surface area contributed by atoms with Crippen LogP contribution in [0, 0.1) is 5.82 Å². The number of hydrogen-bond donors (Lipinski definition) is 1. The zero-order chi connectivity index (χ0) is 15.0. The van der Waals surface area contributed by atoms with E-state index in [-0.39, 0.29) is 5.56 Å². The molecule has 1 aromatic carbocycles. The van der Waals surface area contributed by atoms with Gasteiger partial charge in [0.05, 0.1) is 5.56 Å². The molecule has 0 radical (unpaired) electrons. The maximum absolute atomic E-state index is 13.3. The van der Waals surface area contributed by atoms with Crippen molar-refractivity contribution in [1.29, 1.82) is 0 Å². The predicted molar refractivity (Wildman–Crippen MR) is 76.5 cm³/mol. The third-order valence-corrected chi connectivity index (χ3v) is 2.33. The lowest BCUT2D eigenvalue weighted by Gasteiger charge is -2.02. The van der Waals surface area contributed by atoms with Crippen molar-refractivity contribution in [2.24, 2.45) is 0 Å². The van der Waals surface area contributed by atoms with Gasteiger partial charge in [-0.15, -0.1) is 0 Å². The van der Waals surface area contributed by atoms with Crippen molar-refractivity contribution in [1.82, 2.24) is 5.32 Å². The van der Waals surface area contributed by atoms with Crippen molar-refractivity contribution in [3.8, 4) is 0 Å². The average Bonchev–Trinajstić information content (AvgIpc) is 2.43. The Kier molecular flexibility index (Phi) is 5.84. The first-order chi connectivity index (χ1) is 9.58. The Bertz CT molecular complexity index is 600. The molecule has 0 aliphatic rings. The molecule has 0 spiro atoms. The Morgan fingerprint density at radius 2 is 1.85 bits per heavy atom.